The van der Waals surface area contributed by atoms with Crippen molar-refractivity contribution in [3.8, 4) is 0 Å². The molecule has 0 unspecified atom stereocenters. The van der Waals surface area contributed by atoms with Gasteiger partial charge in [-0.3, -0.25) is 0 Å². The lowest BCUT2D eigenvalue weighted by Crippen LogP contribution is -2.18. The molecule has 0 amide bonds. The predicted molar refractivity (Wildman–Crippen MR) is 64.6 cm³/mol. The molecule has 0 saturated heterocycles. The zero-order chi connectivity index (χ0) is 9.86. The smallest absolute Gasteiger partial charge is 0.00644 e. The van der Waals surface area contributed by atoms with E-state index in [1.54, 1.807) is 5.31 Å². The fourth-order valence-corrected chi connectivity index (χ4v) is 3.64. The van der Waals surface area contributed by atoms with Gasteiger partial charge in [-0.15, -0.1) is 0 Å². The highest BCUT2D eigenvalue weighted by Gasteiger charge is 2.29. The molecule has 2 rings (SSSR count). The van der Waals surface area contributed by atoms with Crippen LogP contribution in [0, 0.1) is 5.41 Å². The van der Waals surface area contributed by atoms with E-state index in [9.17, 15) is 0 Å². The monoisotopic (exact) mass is 207 g/mol. The SMILES string of the molecule is CC1(C2=CC=C[P]2)CCCCCCC1. The summed E-state index contributed by atoms with van der Waals surface area (Å²) in [7, 11) is 1.46. The minimum absolute atomic E-state index is 0.519. The van der Waals surface area contributed by atoms with Crippen LogP contribution in [-0.4, -0.2) is 0 Å². The van der Waals surface area contributed by atoms with E-state index in [1.807, 2.05) is 0 Å². The molecule has 0 aromatic heterocycles. The Bertz CT molecular complexity index is 242. The molecular weight excluding hydrogens is 187 g/mol. The Balaban J connectivity index is 2.03. The molecule has 2 aliphatic rings. The first-order valence-corrected chi connectivity index (χ1v) is 6.86. The van der Waals surface area contributed by atoms with E-state index in [0.29, 0.717) is 5.41 Å². The highest BCUT2D eigenvalue weighted by Crippen LogP contribution is 2.50. The summed E-state index contributed by atoms with van der Waals surface area (Å²) in [4.78, 5) is 0. The predicted octanol–water partition coefficient (Wildman–Crippen LogP) is 5.09. The maximum atomic E-state index is 2.48. The van der Waals surface area contributed by atoms with Gasteiger partial charge in [-0.05, 0) is 32.2 Å². The second-order valence-corrected chi connectivity index (χ2v) is 5.89. The maximum Gasteiger partial charge on any atom is -0.00644 e. The molecule has 0 N–H and O–H groups in total. The van der Waals surface area contributed by atoms with Crippen LogP contribution in [0.15, 0.2) is 23.3 Å². The van der Waals surface area contributed by atoms with Crippen LogP contribution in [-0.2, 0) is 0 Å². The van der Waals surface area contributed by atoms with Crippen LogP contribution in [0.2, 0.25) is 0 Å². The van der Waals surface area contributed by atoms with E-state index in [-0.39, 0.29) is 0 Å². The molecular formula is C13H20P. The van der Waals surface area contributed by atoms with Crippen molar-refractivity contribution in [2.45, 2.75) is 51.9 Å². The molecule has 0 nitrogen and oxygen atoms in total. The third kappa shape index (κ3) is 2.28. The molecule has 14 heavy (non-hydrogen) atoms. The van der Waals surface area contributed by atoms with Crippen molar-refractivity contribution in [1.82, 2.24) is 0 Å². The average molecular weight is 207 g/mol. The Morgan fingerprint density at radius 1 is 1.07 bits per heavy atom. The Hall–Kier alpha value is -0.0900. The van der Waals surface area contributed by atoms with Gasteiger partial charge in [0, 0.05) is 0 Å². The Kier molecular flexibility index (Phi) is 3.44. The zero-order valence-electron chi connectivity index (χ0n) is 9.13. The lowest BCUT2D eigenvalue weighted by Gasteiger charge is -2.32. The van der Waals surface area contributed by atoms with Gasteiger partial charge in [0.05, 0.1) is 0 Å². The van der Waals surface area contributed by atoms with Gasteiger partial charge in [-0.2, -0.15) is 0 Å². The van der Waals surface area contributed by atoms with Gasteiger partial charge in [0.25, 0.3) is 0 Å². The minimum atomic E-state index is 0.519. The molecule has 0 atom stereocenters. The van der Waals surface area contributed by atoms with Crippen molar-refractivity contribution in [2.24, 2.45) is 5.41 Å². The summed E-state index contributed by atoms with van der Waals surface area (Å²) in [6, 6.07) is 0. The molecule has 1 fully saturated rings. The van der Waals surface area contributed by atoms with Crippen LogP contribution >= 0.6 is 8.58 Å². The van der Waals surface area contributed by atoms with Crippen molar-refractivity contribution < 1.29 is 0 Å². The minimum Gasteiger partial charge on any atom is -0.0608 e. The first-order valence-electron chi connectivity index (χ1n) is 5.89. The third-order valence-corrected chi connectivity index (χ3v) is 4.92. The third-order valence-electron chi connectivity index (χ3n) is 3.63. The van der Waals surface area contributed by atoms with Gasteiger partial charge < -0.3 is 0 Å². The molecule has 1 aliphatic heterocycles. The summed E-state index contributed by atoms with van der Waals surface area (Å²) in [6.07, 6.45) is 14.6. The van der Waals surface area contributed by atoms with Gasteiger partial charge in [0.1, 0.15) is 0 Å². The largest absolute Gasteiger partial charge is 0.0608 e. The lowest BCUT2D eigenvalue weighted by atomic mass is 9.77. The highest BCUT2D eigenvalue weighted by molar-refractivity contribution is 7.47. The second-order valence-electron chi connectivity index (χ2n) is 4.85. The average Bonchev–Trinajstić information content (AvgIpc) is 2.65. The van der Waals surface area contributed by atoms with Crippen molar-refractivity contribution >= 4 is 8.58 Å². The normalized spacial score (nSPS) is 28.5. The topological polar surface area (TPSA) is 0 Å². The first kappa shape index (κ1) is 10.4. The molecule has 1 aliphatic carbocycles. The summed E-state index contributed by atoms with van der Waals surface area (Å²) in [6.45, 7) is 2.48. The van der Waals surface area contributed by atoms with E-state index in [4.69, 9.17) is 0 Å². The quantitative estimate of drug-likeness (QED) is 0.525. The Morgan fingerprint density at radius 2 is 1.71 bits per heavy atom. The van der Waals surface area contributed by atoms with E-state index in [2.05, 4.69) is 24.9 Å². The van der Waals surface area contributed by atoms with Gasteiger partial charge >= 0.3 is 0 Å². The molecule has 0 aromatic carbocycles. The fourth-order valence-electron chi connectivity index (χ4n) is 2.60. The van der Waals surface area contributed by atoms with Crippen LogP contribution in [0.5, 0.6) is 0 Å². The molecule has 1 heteroatoms. The van der Waals surface area contributed by atoms with Crippen LogP contribution in [0.3, 0.4) is 0 Å². The van der Waals surface area contributed by atoms with Crippen LogP contribution in [0.1, 0.15) is 51.9 Å². The summed E-state index contributed by atoms with van der Waals surface area (Å²) >= 11 is 0. The van der Waals surface area contributed by atoms with Gasteiger partial charge in [-0.1, -0.05) is 57.0 Å². The summed E-state index contributed by atoms with van der Waals surface area (Å²) in [5, 5.41) is 1.67. The van der Waals surface area contributed by atoms with Crippen molar-refractivity contribution in [3.05, 3.63) is 23.3 Å². The molecule has 0 aromatic rings. The van der Waals surface area contributed by atoms with Crippen molar-refractivity contribution in [1.29, 1.82) is 0 Å². The van der Waals surface area contributed by atoms with Gasteiger partial charge in [-0.25, -0.2) is 0 Å². The van der Waals surface area contributed by atoms with Gasteiger partial charge in [0.2, 0.25) is 0 Å². The van der Waals surface area contributed by atoms with Crippen LogP contribution < -0.4 is 0 Å². The number of hydrogen-bond donors (Lipinski definition) is 0. The number of rotatable bonds is 1. The summed E-state index contributed by atoms with van der Waals surface area (Å²) < 4.78 is 0. The van der Waals surface area contributed by atoms with Crippen LogP contribution in [0.4, 0.5) is 0 Å². The van der Waals surface area contributed by atoms with Gasteiger partial charge in [0.15, 0.2) is 0 Å². The Morgan fingerprint density at radius 3 is 2.29 bits per heavy atom. The molecule has 1 saturated carbocycles. The summed E-state index contributed by atoms with van der Waals surface area (Å²) in [5.74, 6) is 2.28. The highest BCUT2D eigenvalue weighted by atomic mass is 31.1. The van der Waals surface area contributed by atoms with Crippen molar-refractivity contribution in [2.75, 3.05) is 0 Å². The van der Waals surface area contributed by atoms with E-state index in [0.717, 1.165) is 0 Å². The molecule has 1 radical (unpaired) electrons. The van der Waals surface area contributed by atoms with E-state index < -0.39 is 0 Å². The zero-order valence-corrected chi connectivity index (χ0v) is 10.0. The molecule has 1 heterocycles. The van der Waals surface area contributed by atoms with E-state index in [1.165, 1.54) is 53.5 Å². The standard InChI is InChI=1S/C13H20P/c1-13(12-8-7-11-14-12)9-5-3-2-4-6-10-13/h7-8,11H,2-6,9-10H2,1H3. The van der Waals surface area contributed by atoms with E-state index >= 15 is 0 Å². The maximum absolute atomic E-state index is 2.48. The second kappa shape index (κ2) is 4.62. The number of allylic oxidation sites excluding steroid dienone is 3. The molecule has 0 bridgehead atoms. The van der Waals surface area contributed by atoms with Crippen molar-refractivity contribution in [3.63, 3.8) is 0 Å². The van der Waals surface area contributed by atoms with Crippen LogP contribution in [0.25, 0.3) is 0 Å². The summed E-state index contributed by atoms with van der Waals surface area (Å²) in [5.41, 5.74) is 0.519. The lowest BCUT2D eigenvalue weighted by molar-refractivity contribution is 0.302. The first-order chi connectivity index (χ1) is 6.81. The molecule has 0 spiro atoms. The molecule has 77 valence electrons. The number of hydrogen-bond acceptors (Lipinski definition) is 0. The fraction of sp³-hybridized carbons (Fsp3) is 0.692. The Labute approximate surface area is 89.6 Å².